The van der Waals surface area contributed by atoms with Crippen LogP contribution in [0.25, 0.3) is 0 Å². The Morgan fingerprint density at radius 3 is 1.67 bits per heavy atom. The molecule has 0 heterocycles. The van der Waals surface area contributed by atoms with Gasteiger partial charge in [-0.1, -0.05) is 6.92 Å². The van der Waals surface area contributed by atoms with Crippen molar-refractivity contribution in [1.29, 1.82) is 0 Å². The van der Waals surface area contributed by atoms with Gasteiger partial charge in [-0.2, -0.15) is 0 Å². The Morgan fingerprint density at radius 1 is 1.50 bits per heavy atom. The van der Waals surface area contributed by atoms with Gasteiger partial charge >= 0.3 is 0 Å². The third-order valence-electron chi connectivity index (χ3n) is 0.250. The van der Waals surface area contributed by atoms with Gasteiger partial charge in [0, 0.05) is 37.7 Å². The molecule has 0 aromatic rings. The molecule has 1 nitrogen and oxygen atoms in total. The van der Waals surface area contributed by atoms with Crippen LogP contribution in [0.15, 0.2) is 0 Å². The van der Waals surface area contributed by atoms with Gasteiger partial charge < -0.3 is 5.48 Å². The second kappa shape index (κ2) is 16.0. The van der Waals surface area contributed by atoms with Crippen molar-refractivity contribution in [3.8, 4) is 0 Å². The third kappa shape index (κ3) is 17.6. The molecule has 0 aromatic heterocycles. The van der Waals surface area contributed by atoms with E-state index in [0.29, 0.717) is 0 Å². The molecular formula is C3H10CaOS. The van der Waals surface area contributed by atoms with Crippen molar-refractivity contribution in [2.75, 3.05) is 5.75 Å². The van der Waals surface area contributed by atoms with E-state index in [1.807, 2.05) is 0 Å². The Bertz CT molecular complexity index is 12.8. The van der Waals surface area contributed by atoms with E-state index in [4.69, 9.17) is 0 Å². The van der Waals surface area contributed by atoms with Crippen LogP contribution in [0.2, 0.25) is 0 Å². The molecule has 0 unspecified atom stereocenters. The largest absolute Gasteiger partial charge is 0.870 e. The van der Waals surface area contributed by atoms with E-state index < -0.39 is 0 Å². The molecule has 0 amide bonds. The second-order valence-electron chi connectivity index (χ2n) is 0.750. The fourth-order valence-corrected chi connectivity index (χ4v) is 0. The summed E-state index contributed by atoms with van der Waals surface area (Å²) in [4.78, 5) is 0. The van der Waals surface area contributed by atoms with E-state index in [1.54, 1.807) is 0 Å². The second-order valence-corrected chi connectivity index (χ2v) is 1.25. The SMILES string of the molecule is CCC[SH2+].[Ca].[OH-]. The van der Waals surface area contributed by atoms with Crippen LogP contribution in [0.5, 0.6) is 0 Å². The minimum atomic E-state index is 0. The zero-order valence-electron chi connectivity index (χ0n) is 4.07. The summed E-state index contributed by atoms with van der Waals surface area (Å²) in [5.41, 5.74) is 0. The first-order chi connectivity index (χ1) is 1.91. The number of rotatable bonds is 1. The first-order valence-corrected chi connectivity index (χ1v) is 2.27. The maximum Gasteiger partial charge on any atom is 0.103 e. The molecule has 3 heteroatoms. The van der Waals surface area contributed by atoms with Crippen LogP contribution in [-0.2, 0) is 12.6 Å². The Kier molecular flexibility index (Phi) is 41.7. The Labute approximate surface area is 74.2 Å². The molecule has 0 aliphatic heterocycles. The van der Waals surface area contributed by atoms with Crippen molar-refractivity contribution < 1.29 is 5.48 Å². The number of hydrogen-bond acceptors (Lipinski definition) is 1. The first-order valence-electron chi connectivity index (χ1n) is 1.56. The van der Waals surface area contributed by atoms with Crippen molar-refractivity contribution in [2.24, 2.45) is 0 Å². The fourth-order valence-electron chi connectivity index (χ4n) is 0. The van der Waals surface area contributed by atoms with Crippen LogP contribution < -0.4 is 0 Å². The van der Waals surface area contributed by atoms with Crippen molar-refractivity contribution in [3.63, 3.8) is 0 Å². The summed E-state index contributed by atoms with van der Waals surface area (Å²) in [6.45, 7) is 2.13. The minimum absolute atomic E-state index is 0. The molecule has 1 N–H and O–H groups in total. The zero-order chi connectivity index (χ0) is 3.41. The van der Waals surface area contributed by atoms with Crippen LogP contribution in [0.1, 0.15) is 13.3 Å². The normalized spacial score (nSPS) is 5.00. The predicted octanol–water partition coefficient (Wildman–Crippen LogP) is -0.150. The molecule has 0 fully saturated rings. The molecule has 0 aromatic carbocycles. The summed E-state index contributed by atoms with van der Waals surface area (Å²) in [5.74, 6) is 1.12. The third-order valence-corrected chi connectivity index (χ3v) is 0.750. The predicted molar refractivity (Wildman–Crippen MR) is 33.0 cm³/mol. The Morgan fingerprint density at radius 2 is 1.67 bits per heavy atom. The standard InChI is InChI=1S/C3H8S.Ca.H2O/c1-2-3-4;;/h4H,2-3H2,1H3;;1H2. The van der Waals surface area contributed by atoms with Gasteiger partial charge in [-0.05, 0) is 19.0 Å². The van der Waals surface area contributed by atoms with Gasteiger partial charge in [0.15, 0.2) is 0 Å². The zero-order valence-corrected chi connectivity index (χ0v) is 7.28. The molecule has 0 aliphatic rings. The topological polar surface area (TPSA) is 30.0 Å². The minimum Gasteiger partial charge on any atom is -0.870 e. The number of hydrogen-bond donors (Lipinski definition) is 0. The van der Waals surface area contributed by atoms with Crippen molar-refractivity contribution in [1.82, 2.24) is 0 Å². The molecule has 0 atom stereocenters. The van der Waals surface area contributed by atoms with Gasteiger partial charge in [0.05, 0.1) is 0 Å². The van der Waals surface area contributed by atoms with Gasteiger partial charge in [-0.15, -0.1) is 0 Å². The van der Waals surface area contributed by atoms with Crippen molar-refractivity contribution in [3.05, 3.63) is 0 Å². The quantitative estimate of drug-likeness (QED) is 0.362. The van der Waals surface area contributed by atoms with Crippen LogP contribution in [0.3, 0.4) is 0 Å². The summed E-state index contributed by atoms with van der Waals surface area (Å²) in [6.07, 6.45) is 1.23. The van der Waals surface area contributed by atoms with Gasteiger partial charge in [0.2, 0.25) is 0 Å². The van der Waals surface area contributed by atoms with E-state index in [9.17, 15) is 0 Å². The van der Waals surface area contributed by atoms with Crippen LogP contribution in [0, 0.1) is 0 Å². The summed E-state index contributed by atoms with van der Waals surface area (Å²) in [7, 11) is 0. The smallest absolute Gasteiger partial charge is 0.103 e. The molecule has 0 saturated heterocycles. The average molecular weight is 134 g/mol. The molecule has 0 saturated carbocycles. The molecule has 0 spiro atoms. The van der Waals surface area contributed by atoms with Gasteiger partial charge in [0.1, 0.15) is 5.75 Å². The van der Waals surface area contributed by atoms with E-state index in [-0.39, 0.29) is 43.2 Å². The van der Waals surface area contributed by atoms with Gasteiger partial charge in [-0.3, -0.25) is 0 Å². The summed E-state index contributed by atoms with van der Waals surface area (Å²) >= 11 is 3.29. The molecule has 6 heavy (non-hydrogen) atoms. The van der Waals surface area contributed by atoms with Gasteiger partial charge in [0.25, 0.3) is 0 Å². The molecule has 0 bridgehead atoms. The summed E-state index contributed by atoms with van der Waals surface area (Å²) in [5, 5.41) is 0. The molecule has 0 rings (SSSR count). The van der Waals surface area contributed by atoms with Crippen LogP contribution >= 0.6 is 0 Å². The Hall–Kier alpha value is 1.57. The molecule has 36 valence electrons. The van der Waals surface area contributed by atoms with Crippen molar-refractivity contribution >= 4 is 50.4 Å². The molecule has 2 radical (unpaired) electrons. The van der Waals surface area contributed by atoms with Crippen LogP contribution in [0.4, 0.5) is 0 Å². The maximum atomic E-state index is 3.29. The average Bonchev–Trinajstić information content (AvgIpc) is 1.37. The first kappa shape index (κ1) is 15.6. The van der Waals surface area contributed by atoms with E-state index in [2.05, 4.69) is 19.6 Å². The van der Waals surface area contributed by atoms with Crippen LogP contribution in [-0.4, -0.2) is 49.0 Å². The Balaban J connectivity index is -0.0000000450. The van der Waals surface area contributed by atoms with E-state index >= 15 is 0 Å². The van der Waals surface area contributed by atoms with Crippen molar-refractivity contribution in [2.45, 2.75) is 13.3 Å². The van der Waals surface area contributed by atoms with E-state index in [1.165, 1.54) is 6.42 Å². The fraction of sp³-hybridized carbons (Fsp3) is 1.00. The summed E-state index contributed by atoms with van der Waals surface area (Å²) in [6, 6.07) is 0. The molecule has 0 aliphatic carbocycles. The summed E-state index contributed by atoms with van der Waals surface area (Å²) < 4.78 is 0. The van der Waals surface area contributed by atoms with Gasteiger partial charge in [-0.25, -0.2) is 0 Å². The monoisotopic (exact) mass is 134 g/mol. The van der Waals surface area contributed by atoms with E-state index in [0.717, 1.165) is 5.75 Å². The molecular weight excluding hydrogens is 124 g/mol. The maximum absolute atomic E-state index is 3.29.